The molecule has 30 heteroatoms. The number of phenolic OH excluding ortho intramolecular Hbond substituents is 2. The van der Waals surface area contributed by atoms with Crippen molar-refractivity contribution in [3.8, 4) is 17.4 Å². The number of nitrogens with one attached hydrogen (secondary N) is 1. The van der Waals surface area contributed by atoms with E-state index >= 15 is 0 Å². The molecule has 7 aromatic rings. The van der Waals surface area contributed by atoms with Crippen LogP contribution in [0.2, 0.25) is 0 Å². The van der Waals surface area contributed by atoms with Crippen molar-refractivity contribution in [1.82, 2.24) is 15.2 Å². The van der Waals surface area contributed by atoms with Gasteiger partial charge in [0.1, 0.15) is 46.3 Å². The number of esters is 7. The summed E-state index contributed by atoms with van der Waals surface area (Å²) in [5.41, 5.74) is 9.96. The lowest BCUT2D eigenvalue weighted by Crippen LogP contribution is -2.42. The molecule has 5 heterocycles. The van der Waals surface area contributed by atoms with Crippen molar-refractivity contribution in [2.24, 2.45) is 62.2 Å². The van der Waals surface area contributed by atoms with Gasteiger partial charge in [-0.3, -0.25) is 86.7 Å². The van der Waals surface area contributed by atoms with Crippen molar-refractivity contribution in [3.05, 3.63) is 226 Å². The molecule has 6 aromatic carbocycles. The maximum atomic E-state index is 12.6. The van der Waals surface area contributed by atoms with E-state index in [1.165, 1.54) is 55.3 Å². The lowest BCUT2D eigenvalue weighted by atomic mass is 9.94. The van der Waals surface area contributed by atoms with Crippen LogP contribution in [-0.2, 0) is 81.2 Å². The van der Waals surface area contributed by atoms with Gasteiger partial charge in [-0.15, -0.1) is 0 Å². The molecule has 3 saturated carbocycles. The lowest BCUT2D eigenvalue weighted by Gasteiger charge is -2.25. The first-order valence-corrected chi connectivity index (χ1v) is 52.0. The number of methoxy groups -OCH3 is 2. The number of Topliss-reactive ketones (excluding diaryl/α,β-unsaturated/α-hetero) is 7. The number of pyridine rings is 1. The Bertz CT molecular complexity index is 5620. The van der Waals surface area contributed by atoms with Crippen molar-refractivity contribution in [3.63, 3.8) is 0 Å². The highest BCUT2D eigenvalue weighted by molar-refractivity contribution is 6.14. The molecule has 1 aromatic heterocycles. The number of imide groups is 1. The largest absolute Gasteiger partial charge is 0.508 e. The van der Waals surface area contributed by atoms with E-state index in [0.29, 0.717) is 117 Å². The fraction of sp³-hybridized carbons (Fsp3) is 0.500. The van der Waals surface area contributed by atoms with Gasteiger partial charge in [0.2, 0.25) is 17.7 Å². The van der Waals surface area contributed by atoms with Crippen LogP contribution in [0.5, 0.6) is 17.4 Å². The Morgan fingerprint density at radius 1 is 0.427 bits per heavy atom. The number of hydrogen-bond acceptors (Lipinski definition) is 28. The molecule has 2 unspecified atom stereocenters. The molecule has 2 saturated heterocycles. The standard InChI is InChI=1S/C18H23NO4.C15H18O2.C14H16O3.C13H15NO2.C13H20O4.C12H15NO4.C12H15N.C12H20O5.C11H13NO/c1-11-6-8-13(9-7-11)15(20)14-10-12(2)19(16(14)21)17(22)23-18(3,4)5;1-11-5-7-13(8-6-11)15(17)10-9-12-3-2-4-14(12)16;15-12-7-4-11(5-8-12)14(17)9-6-10-2-1-3-13(10)16;1-8-3-5-10(6-4-8)12(15)11-7-9(2)14-13(11)16;1-13(2,3)12(16)17-11(15)8-7-9-5-4-6-10(9)14;1-9(12(15)16-2)6-7-11(14)17-10-5-3-4-8-13-10;1-9-3-6-11(7-4-9)12-8-5-10(2)13-12;1-8(10(14)16-5)6-7-9(13)17-11(15)12(2,3)4;1-8-2-7-11(12-8)9-3-5-10(13)6-4-9/h6-9,12,14H,10H2,1-5H3;5-8,12H,2-4,9-10H2,1H3;4-5,7-8,10,15H,1-3,6,9H2;3-6,9,11H,7H2,1-2H3,(H,14,16);9H,4-8H2,1-3H3;3-5,8-9H,6-7H2,1-2H3;3-4,6-7,10H,5,8H2,1-2H3;8H,6-7H2,1-5H3;3-6,8,13H,2,7H2,1H3/t12-,14?;12-;10-;9-,11?;2*9-;10-;2*8-/m100100101/s1. The van der Waals surface area contributed by atoms with Crippen LogP contribution < -0.4 is 10.1 Å². The van der Waals surface area contributed by atoms with E-state index in [-0.39, 0.29) is 119 Å². The minimum Gasteiger partial charge on any atom is -0.508 e. The van der Waals surface area contributed by atoms with E-state index in [1.54, 1.807) is 156 Å². The van der Waals surface area contributed by atoms with Gasteiger partial charge in [0.25, 0.3) is 0 Å². The molecule has 0 radical (unpaired) electrons. The summed E-state index contributed by atoms with van der Waals surface area (Å²) in [5.74, 6) is -4.18. The van der Waals surface area contributed by atoms with Crippen molar-refractivity contribution >= 4 is 112 Å². The Balaban J connectivity index is 0.000000258. The highest BCUT2D eigenvalue weighted by atomic mass is 16.6. The van der Waals surface area contributed by atoms with Crippen molar-refractivity contribution < 1.29 is 120 Å². The second-order valence-electron chi connectivity index (χ2n) is 42.5. The van der Waals surface area contributed by atoms with Gasteiger partial charge >= 0.3 is 47.9 Å². The van der Waals surface area contributed by atoms with Gasteiger partial charge in [0, 0.05) is 139 Å². The third-order valence-electron chi connectivity index (χ3n) is 25.9. The van der Waals surface area contributed by atoms with Gasteiger partial charge in [-0.05, 0) is 293 Å². The molecular formula is C120H155N5O25. The van der Waals surface area contributed by atoms with Gasteiger partial charge in [0.15, 0.2) is 23.1 Å². The van der Waals surface area contributed by atoms with Crippen LogP contribution in [-0.4, -0.2) is 176 Å². The molecule has 3 aliphatic carbocycles. The van der Waals surface area contributed by atoms with Crippen LogP contribution in [0.4, 0.5) is 4.79 Å². The molecule has 30 nitrogen and oxygen atoms in total. The number of aromatic nitrogens is 1. The number of ketones is 7. The number of aliphatic imine (C=N–C) groups is 2. The summed E-state index contributed by atoms with van der Waals surface area (Å²) < 4.78 is 28.7. The number of aryl methyl sites for hydroxylation is 4. The number of likely N-dealkylation sites (tertiary alicyclic amines) is 1. The third kappa shape index (κ3) is 44.2. The highest BCUT2D eigenvalue weighted by Crippen LogP contribution is 2.34. The number of aromatic hydroxyl groups is 2. The molecule has 4 aliphatic heterocycles. The van der Waals surface area contributed by atoms with Gasteiger partial charge in [0.05, 0.1) is 36.9 Å². The number of carbonyl (C=O) groups is 17. The number of hydrogen-bond donors (Lipinski definition) is 3. The summed E-state index contributed by atoms with van der Waals surface area (Å²) in [5, 5.41) is 21.0. The minimum atomic E-state index is -0.819. The molecule has 7 aliphatic rings. The van der Waals surface area contributed by atoms with Crippen molar-refractivity contribution in [1.29, 1.82) is 0 Å². The Morgan fingerprint density at radius 3 is 1.13 bits per heavy atom. The maximum absolute atomic E-state index is 12.6. The van der Waals surface area contributed by atoms with E-state index in [4.69, 9.17) is 24.4 Å². The average Bonchev–Trinajstić information content (AvgIpc) is 1.64. The molecular weight excluding hydrogens is 1910 g/mol. The summed E-state index contributed by atoms with van der Waals surface area (Å²) in [4.78, 5) is 212. The lowest BCUT2D eigenvalue weighted by molar-refractivity contribution is -0.167. The Morgan fingerprint density at radius 2 is 0.787 bits per heavy atom. The van der Waals surface area contributed by atoms with Crippen LogP contribution in [0.15, 0.2) is 180 Å². The molecule has 5 fully saturated rings. The summed E-state index contributed by atoms with van der Waals surface area (Å²) in [6.45, 7) is 34.7. The summed E-state index contributed by atoms with van der Waals surface area (Å²) >= 11 is 0. The predicted molar refractivity (Wildman–Crippen MR) is 572 cm³/mol. The average molecular weight is 2070 g/mol. The first-order valence-electron chi connectivity index (χ1n) is 52.0. The quantitative estimate of drug-likeness (QED) is 0.0196. The third-order valence-corrected chi connectivity index (χ3v) is 25.9. The molecule has 11 atom stereocenters. The normalized spacial score (nSPS) is 19.1. The summed E-state index contributed by atoms with van der Waals surface area (Å²) in [7, 11) is 2.62. The number of rotatable bonds is 26. The highest BCUT2D eigenvalue weighted by Gasteiger charge is 2.47. The zero-order chi connectivity index (χ0) is 111. The van der Waals surface area contributed by atoms with Crippen LogP contribution in [0.25, 0.3) is 0 Å². The first-order chi connectivity index (χ1) is 70.6. The number of phenols is 2. The van der Waals surface area contributed by atoms with Crippen LogP contribution in [0.1, 0.15) is 339 Å². The van der Waals surface area contributed by atoms with Crippen LogP contribution >= 0.6 is 0 Å². The summed E-state index contributed by atoms with van der Waals surface area (Å²) in [6, 6.07) is 50.1. The number of carbonyl (C=O) groups excluding carboxylic acids is 17. The van der Waals surface area contributed by atoms with E-state index in [2.05, 4.69) is 79.5 Å². The SMILES string of the molecule is CC(C)(C)C(=O)OC(=O)CC[C@@H]1CCCC1=O.COC(=O)[C@@H](C)CCC(=O)OC(=O)C(C)(C)C.COC(=O)[C@@H](C)CCC(=O)Oc1ccccn1.C[C@@H]1CCC(c2ccc(O)cc2)=N1.Cc1ccc(C(=O)C2C[C@@H](C)N(C(=O)OC(C)(C)C)C2=O)cc1.Cc1ccc(C(=O)C2C[C@@H](C)NC2=O)cc1.Cc1ccc(C(=O)CC[C@@H]2CCCC2=O)cc1.Cc1ccc(C2=N[C@H](C)CC2)cc1.O=C(CC[C@@H]1CCCC1=O)c1ccc(O)cc1. The molecule has 150 heavy (non-hydrogen) atoms. The van der Waals surface area contributed by atoms with Crippen molar-refractivity contribution in [2.75, 3.05) is 14.2 Å². The molecule has 14 rings (SSSR count). The van der Waals surface area contributed by atoms with Crippen molar-refractivity contribution in [2.45, 2.75) is 322 Å². The van der Waals surface area contributed by atoms with E-state index in [1.807, 2.05) is 88.4 Å². The smallest absolute Gasteiger partial charge is 0.417 e. The van der Waals surface area contributed by atoms with Gasteiger partial charge < -0.3 is 44.0 Å². The number of amides is 3. The van der Waals surface area contributed by atoms with E-state index in [0.717, 1.165) is 96.9 Å². The molecule has 0 spiro atoms. The monoisotopic (exact) mass is 2070 g/mol. The topological polar surface area (TPSA) is 439 Å². The predicted octanol–water partition coefficient (Wildman–Crippen LogP) is 22.0. The fourth-order valence-electron chi connectivity index (χ4n) is 16.6. The number of ether oxygens (including phenoxy) is 6. The zero-order valence-corrected chi connectivity index (χ0v) is 91.3. The summed E-state index contributed by atoms with van der Waals surface area (Å²) in [6.07, 6.45) is 17.9. The number of benzene rings is 6. The second-order valence-corrected chi connectivity index (χ2v) is 42.5. The van der Waals surface area contributed by atoms with Crippen LogP contribution in [0, 0.1) is 80.0 Å². The molecule has 3 N–H and O–H groups in total. The van der Waals surface area contributed by atoms with Crippen LogP contribution in [0.3, 0.4) is 0 Å². The van der Waals surface area contributed by atoms with Gasteiger partial charge in [-0.2, -0.15) is 0 Å². The van der Waals surface area contributed by atoms with E-state index < -0.39 is 70.1 Å². The molecule has 810 valence electrons. The van der Waals surface area contributed by atoms with Gasteiger partial charge in [-0.1, -0.05) is 139 Å². The second kappa shape index (κ2) is 61.4. The maximum Gasteiger partial charge on any atom is 0.417 e. The fourth-order valence-corrected chi connectivity index (χ4v) is 16.6. The van der Waals surface area contributed by atoms with E-state index in [9.17, 15) is 81.5 Å². The van der Waals surface area contributed by atoms with Gasteiger partial charge in [-0.25, -0.2) is 14.7 Å². The molecule has 0 bridgehead atoms. The Hall–Kier alpha value is -13.8. The number of nitrogens with zero attached hydrogens (tertiary/aromatic N) is 4. The Labute approximate surface area is 883 Å². The molecule has 3 amide bonds. The first kappa shape index (κ1) is 125. The zero-order valence-electron chi connectivity index (χ0n) is 91.3. The Kier molecular flexibility index (Phi) is 51.1. The minimum absolute atomic E-state index is 0.00714.